The maximum Gasteiger partial charge on any atom is 0.144 e. The van der Waals surface area contributed by atoms with E-state index < -0.39 is 0 Å². The molecule has 1 aromatic rings. The minimum Gasteiger partial charge on any atom is -0.381 e. The highest BCUT2D eigenvalue weighted by Crippen LogP contribution is 2.55. The summed E-state index contributed by atoms with van der Waals surface area (Å²) in [6, 6.07) is 11.2. The third-order valence-corrected chi connectivity index (χ3v) is 6.19. The third-order valence-electron chi connectivity index (χ3n) is 6.19. The fourth-order valence-corrected chi connectivity index (χ4v) is 5.08. The molecule has 0 aromatic heterocycles. The van der Waals surface area contributed by atoms with E-state index in [0.717, 1.165) is 38.5 Å². The Morgan fingerprint density at radius 2 is 2.04 bits per heavy atom. The van der Waals surface area contributed by atoms with E-state index in [-0.39, 0.29) is 5.41 Å². The molecule has 0 radical (unpaired) electrons. The summed E-state index contributed by atoms with van der Waals surface area (Å²) in [5.41, 5.74) is 2.55. The molecule has 0 bridgehead atoms. The molecule has 1 aromatic carbocycles. The van der Waals surface area contributed by atoms with Gasteiger partial charge in [-0.25, -0.2) is 0 Å². The molecular formula is C21H29NO2. The number of allylic oxidation sites excluding steroid dienone is 2. The summed E-state index contributed by atoms with van der Waals surface area (Å²) in [5.74, 6) is 0.530. The van der Waals surface area contributed by atoms with Gasteiger partial charge in [0.25, 0.3) is 0 Å². The molecule has 1 heterocycles. The number of aldehydes is 1. The number of rotatable bonds is 5. The first-order valence-electron chi connectivity index (χ1n) is 9.13. The number of hydrogen-bond donors (Lipinski definition) is 0. The predicted octanol–water partition coefficient (Wildman–Crippen LogP) is 3.84. The van der Waals surface area contributed by atoms with Crippen molar-refractivity contribution in [3.05, 3.63) is 47.7 Å². The van der Waals surface area contributed by atoms with Crippen LogP contribution in [0.15, 0.2) is 42.1 Å². The van der Waals surface area contributed by atoms with E-state index in [1.54, 1.807) is 0 Å². The Bertz CT molecular complexity index is 597. The minimum absolute atomic E-state index is 0.0137. The molecule has 1 saturated carbocycles. The lowest BCUT2D eigenvalue weighted by Gasteiger charge is -2.39. The second kappa shape index (κ2) is 7.10. The Kier molecular flexibility index (Phi) is 5.09. The van der Waals surface area contributed by atoms with Crippen LogP contribution in [0.3, 0.4) is 0 Å². The van der Waals surface area contributed by atoms with Crippen molar-refractivity contribution < 1.29 is 9.53 Å². The Morgan fingerprint density at radius 1 is 1.29 bits per heavy atom. The molecule has 2 aliphatic rings. The van der Waals surface area contributed by atoms with E-state index in [9.17, 15) is 4.79 Å². The zero-order chi connectivity index (χ0) is 17.2. The van der Waals surface area contributed by atoms with Gasteiger partial charge in [-0.3, -0.25) is 4.79 Å². The number of methoxy groups -OCH3 is 1. The number of likely N-dealkylation sites (tertiary alicyclic amines) is 1. The van der Waals surface area contributed by atoms with Crippen molar-refractivity contribution in [1.29, 1.82) is 0 Å². The fraction of sp³-hybridized carbons (Fsp3) is 0.571. The highest BCUT2D eigenvalue weighted by atomic mass is 16.5. The molecule has 3 heteroatoms. The van der Waals surface area contributed by atoms with Gasteiger partial charge in [0.15, 0.2) is 0 Å². The summed E-state index contributed by atoms with van der Waals surface area (Å²) in [7, 11) is 1.83. The third kappa shape index (κ3) is 2.90. The zero-order valence-corrected chi connectivity index (χ0v) is 15.1. The van der Waals surface area contributed by atoms with Gasteiger partial charge in [-0.05, 0) is 50.2 Å². The van der Waals surface area contributed by atoms with Crippen LogP contribution in [0.4, 0.5) is 0 Å². The first-order valence-corrected chi connectivity index (χ1v) is 9.13. The van der Waals surface area contributed by atoms with Crippen LogP contribution in [0.2, 0.25) is 0 Å². The summed E-state index contributed by atoms with van der Waals surface area (Å²) in [6.45, 7) is 5.51. The molecule has 130 valence electrons. The van der Waals surface area contributed by atoms with Crippen LogP contribution >= 0.6 is 0 Å². The Morgan fingerprint density at radius 3 is 2.67 bits per heavy atom. The fourth-order valence-electron chi connectivity index (χ4n) is 5.08. The lowest BCUT2D eigenvalue weighted by Crippen LogP contribution is -2.40. The van der Waals surface area contributed by atoms with Gasteiger partial charge < -0.3 is 9.64 Å². The molecule has 1 aliphatic heterocycles. The highest BCUT2D eigenvalue weighted by molar-refractivity contribution is 5.67. The number of hydrogen-bond acceptors (Lipinski definition) is 3. The molecule has 2 fully saturated rings. The van der Waals surface area contributed by atoms with Gasteiger partial charge in [0.05, 0.1) is 6.10 Å². The lowest BCUT2D eigenvalue weighted by atomic mass is 9.66. The minimum atomic E-state index is -0.0137. The van der Waals surface area contributed by atoms with E-state index in [1.807, 2.05) is 13.2 Å². The second-order valence-electron chi connectivity index (χ2n) is 7.40. The normalized spacial score (nSPS) is 34.4. The van der Waals surface area contributed by atoms with Crippen molar-refractivity contribution in [2.24, 2.45) is 11.3 Å². The van der Waals surface area contributed by atoms with Gasteiger partial charge in [0, 0.05) is 30.8 Å². The summed E-state index contributed by atoms with van der Waals surface area (Å²) >= 11 is 0. The van der Waals surface area contributed by atoms with E-state index in [2.05, 4.69) is 49.1 Å². The van der Waals surface area contributed by atoms with E-state index in [0.29, 0.717) is 18.1 Å². The molecule has 3 nitrogen and oxygen atoms in total. The van der Waals surface area contributed by atoms with Crippen molar-refractivity contribution in [3.8, 4) is 0 Å². The lowest BCUT2D eigenvalue weighted by molar-refractivity contribution is -0.104. The van der Waals surface area contributed by atoms with Crippen LogP contribution < -0.4 is 0 Å². The Hall–Kier alpha value is -1.61. The molecule has 24 heavy (non-hydrogen) atoms. The highest BCUT2D eigenvalue weighted by Gasteiger charge is 2.54. The molecule has 4 unspecified atom stereocenters. The molecule has 0 amide bonds. The summed E-state index contributed by atoms with van der Waals surface area (Å²) in [5, 5.41) is 0. The summed E-state index contributed by atoms with van der Waals surface area (Å²) in [4.78, 5) is 13.8. The topological polar surface area (TPSA) is 29.5 Å². The van der Waals surface area contributed by atoms with Gasteiger partial charge in [-0.2, -0.15) is 0 Å². The van der Waals surface area contributed by atoms with Crippen molar-refractivity contribution in [2.75, 3.05) is 13.7 Å². The van der Waals surface area contributed by atoms with Crippen molar-refractivity contribution in [3.63, 3.8) is 0 Å². The van der Waals surface area contributed by atoms with Gasteiger partial charge in [-0.15, -0.1) is 0 Å². The maximum absolute atomic E-state index is 11.4. The van der Waals surface area contributed by atoms with Crippen LogP contribution in [0.5, 0.6) is 0 Å². The van der Waals surface area contributed by atoms with Crippen molar-refractivity contribution >= 4 is 6.29 Å². The molecule has 1 saturated heterocycles. The van der Waals surface area contributed by atoms with E-state index in [1.165, 1.54) is 11.3 Å². The van der Waals surface area contributed by atoms with E-state index in [4.69, 9.17) is 4.74 Å². The second-order valence-corrected chi connectivity index (χ2v) is 7.40. The molecule has 1 aliphatic carbocycles. The van der Waals surface area contributed by atoms with Gasteiger partial charge in [0.2, 0.25) is 0 Å². The number of carbonyl (C=O) groups excluding carboxylic acids is 1. The average molecular weight is 327 g/mol. The molecule has 0 N–H and O–H groups in total. The maximum atomic E-state index is 11.4. The predicted molar refractivity (Wildman–Crippen MR) is 96.7 cm³/mol. The number of fused-ring (bicyclic) bond motifs is 1. The van der Waals surface area contributed by atoms with Crippen molar-refractivity contribution in [2.45, 2.75) is 51.7 Å². The molecule has 3 rings (SSSR count). The van der Waals surface area contributed by atoms with Gasteiger partial charge >= 0.3 is 0 Å². The number of carbonyl (C=O) groups is 1. The molecule has 0 spiro atoms. The standard InChI is InChI=1S/C21H29NO2/c1-4-22-19-11-10-17(24-3)14-18(19)21(2,20(22)12-13-23)15-16-8-6-5-7-9-16/h5-9,12-13,17-19H,4,10-11,14-15H2,1-3H3. The van der Waals surface area contributed by atoms with Crippen LogP contribution in [-0.4, -0.2) is 37.0 Å². The van der Waals surface area contributed by atoms with Gasteiger partial charge in [0.1, 0.15) is 6.29 Å². The molecular weight excluding hydrogens is 298 g/mol. The SMILES string of the molecule is CCN1C(=CC=O)C(C)(Cc2ccccc2)C2CC(OC)CCC21. The zero-order valence-electron chi connectivity index (χ0n) is 15.1. The monoisotopic (exact) mass is 327 g/mol. The average Bonchev–Trinajstić information content (AvgIpc) is 2.84. The van der Waals surface area contributed by atoms with E-state index >= 15 is 0 Å². The van der Waals surface area contributed by atoms with Crippen LogP contribution in [0, 0.1) is 11.3 Å². The first kappa shape index (κ1) is 17.2. The first-order chi connectivity index (χ1) is 11.6. The number of benzene rings is 1. The number of nitrogens with zero attached hydrogens (tertiary/aromatic N) is 1. The Labute approximate surface area is 145 Å². The van der Waals surface area contributed by atoms with Crippen LogP contribution in [0.1, 0.15) is 38.7 Å². The number of ether oxygens (including phenoxy) is 1. The molecule has 4 atom stereocenters. The Balaban J connectivity index is 2.00. The quantitative estimate of drug-likeness (QED) is 0.608. The largest absolute Gasteiger partial charge is 0.381 e. The smallest absolute Gasteiger partial charge is 0.144 e. The van der Waals surface area contributed by atoms with Gasteiger partial charge in [-0.1, -0.05) is 37.3 Å². The summed E-state index contributed by atoms with van der Waals surface area (Å²) < 4.78 is 5.70. The van der Waals surface area contributed by atoms with Crippen molar-refractivity contribution in [1.82, 2.24) is 4.90 Å². The van der Waals surface area contributed by atoms with Crippen LogP contribution in [0.25, 0.3) is 0 Å². The van der Waals surface area contributed by atoms with Crippen LogP contribution in [-0.2, 0) is 16.0 Å². The summed E-state index contributed by atoms with van der Waals surface area (Å²) in [6.07, 6.45) is 7.44.